The molecule has 108 heavy (non-hydrogen) atoms. The van der Waals surface area contributed by atoms with E-state index in [1.165, 1.54) is 0 Å². The molecule has 0 amide bonds. The summed E-state index contributed by atoms with van der Waals surface area (Å²) in [4.78, 5) is 73.1. The topological polar surface area (TPSA) is 237 Å². The second-order valence-electron chi connectivity index (χ2n) is 25.8. The van der Waals surface area contributed by atoms with Crippen molar-refractivity contribution < 1.29 is 80.2 Å². The fraction of sp³-hybridized carbons (Fsp3) is 0.573. The van der Waals surface area contributed by atoms with Gasteiger partial charge in [0.2, 0.25) is 0 Å². The predicted octanol–water partition coefficient (Wildman–Crippen LogP) is 23.9. The number of phosphoric ester groups is 2. The quantitative estimate of drug-likeness (QED) is 0.0169. The molecule has 5 atom stereocenters. The first-order valence-corrected chi connectivity index (χ1v) is 43.3. The van der Waals surface area contributed by atoms with Gasteiger partial charge in [-0.15, -0.1) is 0 Å². The van der Waals surface area contributed by atoms with Gasteiger partial charge in [-0.3, -0.25) is 37.3 Å². The summed E-state index contributed by atoms with van der Waals surface area (Å²) in [6, 6.07) is 0. The van der Waals surface area contributed by atoms with Crippen molar-refractivity contribution in [2.45, 2.75) is 290 Å². The molecule has 0 aliphatic heterocycles. The number of ether oxygens (including phenoxy) is 4. The molecule has 0 heterocycles. The minimum Gasteiger partial charge on any atom is -0.462 e. The summed E-state index contributed by atoms with van der Waals surface area (Å²) >= 11 is 0. The van der Waals surface area contributed by atoms with Crippen molar-refractivity contribution in [3.8, 4) is 0 Å². The zero-order valence-electron chi connectivity index (χ0n) is 66.4. The monoisotopic (exact) mass is 1540 g/mol. The van der Waals surface area contributed by atoms with Crippen molar-refractivity contribution in [1.29, 1.82) is 0 Å². The molecule has 0 saturated carbocycles. The lowest BCUT2D eigenvalue weighted by Gasteiger charge is -2.21. The second-order valence-corrected chi connectivity index (χ2v) is 28.7. The van der Waals surface area contributed by atoms with Gasteiger partial charge in [0.05, 0.1) is 26.4 Å². The number of hydrogen-bond acceptors (Lipinski definition) is 15. The lowest BCUT2D eigenvalue weighted by molar-refractivity contribution is -0.161. The standard InChI is InChI=1S/C89H140O17P2/c1-5-9-13-17-21-25-29-33-37-39-41-43-47-50-54-58-62-66-70-74-87(92)100-80-85(106-89(94)76-72-68-64-60-56-52-48-44-42-40-38-34-30-26-22-18-14-10-6-2)82-104-108(97,98)102-78-83(90)77-101-107(95,96)103-81-84(105-88(93)75-71-67-63-59-55-51-46-36-32-28-24-20-16-12-8-4)79-99-86(91)73-69-65-61-57-53-49-45-35-31-27-23-19-15-11-7-3/h9-16,21-28,33-38,41-46,50,53-54,57,62,66,83-85,90H,5-8,17-20,29-32,39-40,47-49,51-52,55-56,58-61,63-65,67-82H2,1-4H3,(H,95,96)(H,97,98)/b13-9-,14-10-,15-11-,16-12-,25-21-,26-22-,27-23-,28-24-,37-33-,38-34-,43-41-,44-42-,45-35-,46-36-,54-50-,57-53-,66-62-. The highest BCUT2D eigenvalue weighted by molar-refractivity contribution is 7.47. The molecule has 0 aromatic heterocycles. The largest absolute Gasteiger partial charge is 0.472 e. The van der Waals surface area contributed by atoms with Crippen LogP contribution in [0.3, 0.4) is 0 Å². The second kappa shape index (κ2) is 78.8. The molecule has 608 valence electrons. The number of aliphatic hydroxyl groups is 1. The lowest BCUT2D eigenvalue weighted by Crippen LogP contribution is -2.30. The number of phosphoric acid groups is 2. The maximum Gasteiger partial charge on any atom is 0.472 e. The summed E-state index contributed by atoms with van der Waals surface area (Å²) in [5.41, 5.74) is 0. The maximum atomic E-state index is 13.1. The smallest absolute Gasteiger partial charge is 0.462 e. The molecule has 0 rings (SSSR count). The first kappa shape index (κ1) is 102. The minimum atomic E-state index is -5.02. The van der Waals surface area contributed by atoms with Gasteiger partial charge >= 0.3 is 39.5 Å². The van der Waals surface area contributed by atoms with E-state index in [9.17, 15) is 43.2 Å². The van der Waals surface area contributed by atoms with E-state index in [2.05, 4.69) is 216 Å². The Morgan fingerprint density at radius 1 is 0.259 bits per heavy atom. The predicted molar refractivity (Wildman–Crippen MR) is 445 cm³/mol. The van der Waals surface area contributed by atoms with Gasteiger partial charge < -0.3 is 33.8 Å². The van der Waals surface area contributed by atoms with Crippen LogP contribution in [-0.2, 0) is 65.4 Å². The van der Waals surface area contributed by atoms with Crippen molar-refractivity contribution in [2.75, 3.05) is 39.6 Å². The highest BCUT2D eigenvalue weighted by Gasteiger charge is 2.30. The fourth-order valence-electron chi connectivity index (χ4n) is 9.77. The lowest BCUT2D eigenvalue weighted by atomic mass is 10.1. The molecule has 17 nitrogen and oxygen atoms in total. The Morgan fingerprint density at radius 3 is 0.769 bits per heavy atom. The number of hydrogen-bond donors (Lipinski definition) is 3. The number of rotatable bonds is 73. The molecule has 0 aliphatic carbocycles. The van der Waals surface area contributed by atoms with Gasteiger partial charge in [-0.05, 0) is 173 Å². The first-order valence-electron chi connectivity index (χ1n) is 40.3. The Morgan fingerprint density at radius 2 is 0.472 bits per heavy atom. The fourth-order valence-corrected chi connectivity index (χ4v) is 11.3. The molecular weight excluding hydrogens is 1400 g/mol. The van der Waals surface area contributed by atoms with Gasteiger partial charge in [0, 0.05) is 25.7 Å². The molecule has 0 radical (unpaired) electrons. The zero-order valence-corrected chi connectivity index (χ0v) is 68.2. The van der Waals surface area contributed by atoms with Crippen LogP contribution in [0.1, 0.15) is 272 Å². The molecule has 0 bridgehead atoms. The Bertz CT molecular complexity index is 2860. The van der Waals surface area contributed by atoms with Crippen LogP contribution in [0.5, 0.6) is 0 Å². The number of aliphatic hydroxyl groups excluding tert-OH is 1. The molecule has 0 saturated heterocycles. The number of allylic oxidation sites excluding steroid dienone is 34. The molecular formula is C89H140O17P2. The molecule has 0 aromatic carbocycles. The van der Waals surface area contributed by atoms with Crippen LogP contribution in [-0.4, -0.2) is 96.7 Å². The summed E-state index contributed by atoms with van der Waals surface area (Å²) in [6.07, 6.45) is 98.2. The van der Waals surface area contributed by atoms with E-state index in [1.54, 1.807) is 0 Å². The highest BCUT2D eigenvalue weighted by atomic mass is 31.2. The summed E-state index contributed by atoms with van der Waals surface area (Å²) < 4.78 is 68.5. The van der Waals surface area contributed by atoms with Crippen LogP contribution in [0, 0.1) is 0 Å². The van der Waals surface area contributed by atoms with E-state index in [4.69, 9.17) is 37.0 Å². The molecule has 3 N–H and O–H groups in total. The van der Waals surface area contributed by atoms with Crippen molar-refractivity contribution in [3.63, 3.8) is 0 Å². The normalized spacial score (nSPS) is 14.9. The van der Waals surface area contributed by atoms with E-state index in [-0.39, 0.29) is 25.7 Å². The van der Waals surface area contributed by atoms with E-state index < -0.39 is 97.5 Å². The van der Waals surface area contributed by atoms with E-state index >= 15 is 0 Å². The van der Waals surface area contributed by atoms with E-state index in [0.717, 1.165) is 186 Å². The van der Waals surface area contributed by atoms with Crippen molar-refractivity contribution >= 4 is 39.5 Å². The number of carbonyl (C=O) groups is 4. The third-order valence-corrected chi connectivity index (χ3v) is 17.6. The molecule has 0 aliphatic rings. The highest BCUT2D eigenvalue weighted by Crippen LogP contribution is 2.45. The summed E-state index contributed by atoms with van der Waals surface area (Å²) in [5, 5.41) is 10.7. The van der Waals surface area contributed by atoms with Crippen molar-refractivity contribution in [1.82, 2.24) is 0 Å². The minimum absolute atomic E-state index is 0.0230. The van der Waals surface area contributed by atoms with Crippen LogP contribution in [0.2, 0.25) is 0 Å². The number of unbranched alkanes of at least 4 members (excludes halogenated alkanes) is 13. The Kier molecular flexibility index (Phi) is 74.1. The van der Waals surface area contributed by atoms with Crippen LogP contribution >= 0.6 is 15.6 Å². The average Bonchev–Trinajstić information content (AvgIpc) is 0.896. The summed E-state index contributed by atoms with van der Waals surface area (Å²) in [7, 11) is -10.0. The SMILES string of the molecule is CC/C=C\C/C=C\C/C=C\C/C=C\C/C=C\C/C=C\CCC(=O)OCC(COP(=O)(O)OCC(O)COP(=O)(O)OCC(COC(=O)CCCC/C=C\C/C=C\C/C=C\C/C=C\CC)OC(=O)CCCCCCC/C=C\C/C=C\C/C=C\CC)OC(=O)CCCCCCCC/C=C\C/C=C\C/C=C\C/C=C\CC. The zero-order chi connectivity index (χ0) is 78.9. The van der Waals surface area contributed by atoms with Crippen LogP contribution in [0.4, 0.5) is 0 Å². The van der Waals surface area contributed by atoms with Gasteiger partial charge in [-0.2, -0.15) is 0 Å². The third kappa shape index (κ3) is 77.8. The van der Waals surface area contributed by atoms with Crippen LogP contribution < -0.4 is 0 Å². The van der Waals surface area contributed by atoms with Crippen LogP contribution in [0.25, 0.3) is 0 Å². The number of carbonyl (C=O) groups excluding carboxylic acids is 4. The molecule has 0 fully saturated rings. The maximum absolute atomic E-state index is 13.1. The first-order chi connectivity index (χ1) is 52.7. The molecule has 19 heteroatoms. The van der Waals surface area contributed by atoms with Gasteiger partial charge in [0.1, 0.15) is 19.3 Å². The van der Waals surface area contributed by atoms with Gasteiger partial charge in [0.25, 0.3) is 0 Å². The Labute approximate surface area is 652 Å². The average molecular weight is 1540 g/mol. The Hall–Kier alpha value is -6.36. The third-order valence-electron chi connectivity index (χ3n) is 15.7. The van der Waals surface area contributed by atoms with Gasteiger partial charge in [-0.25, -0.2) is 9.13 Å². The van der Waals surface area contributed by atoms with Crippen molar-refractivity contribution in [2.24, 2.45) is 0 Å². The van der Waals surface area contributed by atoms with Gasteiger partial charge in [0.15, 0.2) is 12.2 Å². The summed E-state index contributed by atoms with van der Waals surface area (Å²) in [5.74, 6) is -2.38. The molecule has 0 spiro atoms. The Balaban J connectivity index is 5.53. The van der Waals surface area contributed by atoms with Crippen LogP contribution in [0.15, 0.2) is 207 Å². The molecule has 0 aromatic rings. The van der Waals surface area contributed by atoms with E-state index in [1.807, 2.05) is 18.2 Å². The number of esters is 4. The van der Waals surface area contributed by atoms with Gasteiger partial charge in [-0.1, -0.05) is 279 Å². The van der Waals surface area contributed by atoms with E-state index in [0.29, 0.717) is 32.1 Å². The molecule has 5 unspecified atom stereocenters. The van der Waals surface area contributed by atoms with Crippen molar-refractivity contribution in [3.05, 3.63) is 207 Å². The summed E-state index contributed by atoms with van der Waals surface area (Å²) in [6.45, 7) is 4.22.